The fraction of sp³-hybridized carbons (Fsp3) is 0.419. The Morgan fingerprint density at radius 1 is 1.02 bits per heavy atom. The van der Waals surface area contributed by atoms with Gasteiger partial charge in [0.05, 0.1) is 5.56 Å². The molecule has 1 saturated heterocycles. The van der Waals surface area contributed by atoms with Crippen LogP contribution in [0.3, 0.4) is 0 Å². The largest absolute Gasteiger partial charge is 0.492 e. The molecule has 0 bridgehead atoms. The summed E-state index contributed by atoms with van der Waals surface area (Å²) in [4.78, 5) is 14.5. The molecule has 4 rings (SSSR count). The van der Waals surface area contributed by atoms with Crippen molar-refractivity contribution in [1.82, 2.24) is 15.0 Å². The Balaban J connectivity index is 0.000000337. The maximum absolute atomic E-state index is 13.6. The molecule has 0 atom stereocenters. The molecule has 226 valence electrons. The van der Waals surface area contributed by atoms with Crippen molar-refractivity contribution in [1.29, 1.82) is 0 Å². The van der Waals surface area contributed by atoms with Gasteiger partial charge in [-0.2, -0.15) is 13.2 Å². The van der Waals surface area contributed by atoms with E-state index in [1.807, 2.05) is 32.9 Å². The molecule has 0 radical (unpaired) electrons. The number of hydrogen-bond donors (Lipinski definition) is 2. The SMILES string of the molecule is CC(C)(C)c1cc(NC=O)no1.CNc1ccc(C#Cc2ccc(OCCN3CCN(C)CC3)cc2C(F)(F)F)cc1. The normalized spacial score (nSPS) is 14.2. The van der Waals surface area contributed by atoms with Gasteiger partial charge in [-0.05, 0) is 49.5 Å². The Morgan fingerprint density at radius 3 is 2.29 bits per heavy atom. The van der Waals surface area contributed by atoms with E-state index in [1.165, 1.54) is 6.07 Å². The van der Waals surface area contributed by atoms with E-state index in [0.29, 0.717) is 30.9 Å². The highest BCUT2D eigenvalue weighted by Gasteiger charge is 2.33. The average molecular weight is 586 g/mol. The number of benzene rings is 2. The lowest BCUT2D eigenvalue weighted by atomic mass is 9.93. The maximum atomic E-state index is 13.6. The van der Waals surface area contributed by atoms with Crippen LogP contribution in [0, 0.1) is 11.8 Å². The number of ether oxygens (including phenoxy) is 1. The van der Waals surface area contributed by atoms with Crippen molar-refractivity contribution in [2.45, 2.75) is 32.4 Å². The summed E-state index contributed by atoms with van der Waals surface area (Å²) in [6.07, 6.45) is -3.93. The molecule has 2 heterocycles. The highest BCUT2D eigenvalue weighted by molar-refractivity contribution is 5.68. The molecule has 1 aromatic heterocycles. The minimum absolute atomic E-state index is 0.0633. The molecule has 11 heteroatoms. The topological polar surface area (TPSA) is 82.9 Å². The molecule has 0 spiro atoms. The van der Waals surface area contributed by atoms with Gasteiger partial charge in [0.25, 0.3) is 0 Å². The summed E-state index contributed by atoms with van der Waals surface area (Å²) in [5, 5.41) is 9.06. The van der Waals surface area contributed by atoms with E-state index in [2.05, 4.69) is 44.5 Å². The zero-order chi connectivity index (χ0) is 30.8. The first-order valence-corrected chi connectivity index (χ1v) is 13.6. The summed E-state index contributed by atoms with van der Waals surface area (Å²) in [5.41, 5.74) is 0.644. The number of carbonyl (C=O) groups excluding carboxylic acids is 1. The summed E-state index contributed by atoms with van der Waals surface area (Å²) in [5.74, 6) is 6.88. The number of piperazine rings is 1. The Morgan fingerprint density at radius 2 is 1.71 bits per heavy atom. The predicted molar refractivity (Wildman–Crippen MR) is 158 cm³/mol. The molecule has 1 fully saturated rings. The van der Waals surface area contributed by atoms with Gasteiger partial charge in [0.2, 0.25) is 6.41 Å². The van der Waals surface area contributed by atoms with Gasteiger partial charge in [0.1, 0.15) is 18.1 Å². The monoisotopic (exact) mass is 585 g/mol. The van der Waals surface area contributed by atoms with Crippen LogP contribution in [-0.2, 0) is 16.4 Å². The lowest BCUT2D eigenvalue weighted by Crippen LogP contribution is -2.45. The number of aromatic nitrogens is 1. The number of amides is 1. The fourth-order valence-electron chi connectivity index (χ4n) is 3.94. The van der Waals surface area contributed by atoms with Gasteiger partial charge >= 0.3 is 6.18 Å². The standard InChI is InChI=1S/C23H26F3N3O.C8H12N2O2/c1-27-20-8-4-18(5-9-20)3-6-19-7-10-21(17-22(19)23(24,25)26)30-16-15-29-13-11-28(2)12-14-29;1-8(2,3)6-4-7(9-5-11)10-12-6/h4-5,7-10,17,27H,11-16H2,1-2H3;4-5H,1-3H3,(H,9,10,11). The van der Waals surface area contributed by atoms with Crippen molar-refractivity contribution in [2.75, 3.05) is 64.1 Å². The molecule has 3 aromatic rings. The summed E-state index contributed by atoms with van der Waals surface area (Å²) in [6, 6.07) is 12.9. The minimum atomic E-state index is -4.50. The molecule has 0 aliphatic carbocycles. The van der Waals surface area contributed by atoms with Gasteiger partial charge in [0.15, 0.2) is 5.82 Å². The third kappa shape index (κ3) is 10.1. The van der Waals surface area contributed by atoms with E-state index in [9.17, 15) is 18.0 Å². The number of anilines is 2. The van der Waals surface area contributed by atoms with Crippen LogP contribution >= 0.6 is 0 Å². The third-order valence-corrected chi connectivity index (χ3v) is 6.54. The lowest BCUT2D eigenvalue weighted by molar-refractivity contribution is -0.137. The zero-order valence-corrected chi connectivity index (χ0v) is 24.6. The third-order valence-electron chi connectivity index (χ3n) is 6.54. The van der Waals surface area contributed by atoms with Gasteiger partial charge in [-0.25, -0.2) is 0 Å². The Hall–Kier alpha value is -4.01. The van der Waals surface area contributed by atoms with E-state index < -0.39 is 11.7 Å². The van der Waals surface area contributed by atoms with E-state index in [1.54, 1.807) is 31.3 Å². The van der Waals surface area contributed by atoms with Crippen LogP contribution in [0.15, 0.2) is 53.1 Å². The lowest BCUT2D eigenvalue weighted by Gasteiger charge is -2.32. The molecule has 1 aliphatic rings. The van der Waals surface area contributed by atoms with Crippen LogP contribution in [0.25, 0.3) is 0 Å². The number of carbonyl (C=O) groups is 1. The van der Waals surface area contributed by atoms with Crippen LogP contribution in [0.5, 0.6) is 5.75 Å². The van der Waals surface area contributed by atoms with Crippen molar-refractivity contribution in [3.8, 4) is 17.6 Å². The van der Waals surface area contributed by atoms with Crippen molar-refractivity contribution in [3.05, 3.63) is 71.0 Å². The van der Waals surface area contributed by atoms with Crippen LogP contribution in [0.2, 0.25) is 0 Å². The zero-order valence-electron chi connectivity index (χ0n) is 24.6. The molecule has 1 aliphatic heterocycles. The first-order chi connectivity index (χ1) is 19.9. The minimum Gasteiger partial charge on any atom is -0.492 e. The Kier molecular flexibility index (Phi) is 11.4. The number of nitrogens with zero attached hydrogens (tertiary/aromatic N) is 3. The highest BCUT2D eigenvalue weighted by atomic mass is 19.4. The van der Waals surface area contributed by atoms with Crippen LogP contribution < -0.4 is 15.4 Å². The Bertz CT molecular complexity index is 1350. The second-order valence-corrected chi connectivity index (χ2v) is 10.9. The van der Waals surface area contributed by atoms with Gasteiger partial charge < -0.3 is 24.8 Å². The second kappa shape index (κ2) is 14.8. The van der Waals surface area contributed by atoms with E-state index >= 15 is 0 Å². The summed E-state index contributed by atoms with van der Waals surface area (Å²) < 4.78 is 51.3. The summed E-state index contributed by atoms with van der Waals surface area (Å²) in [7, 11) is 3.87. The van der Waals surface area contributed by atoms with Crippen LogP contribution in [0.1, 0.15) is 43.2 Å². The van der Waals surface area contributed by atoms with Gasteiger partial charge in [-0.3, -0.25) is 9.69 Å². The quantitative estimate of drug-likeness (QED) is 0.287. The number of rotatable bonds is 7. The molecule has 2 aromatic carbocycles. The van der Waals surface area contributed by atoms with Crippen molar-refractivity contribution >= 4 is 17.9 Å². The maximum Gasteiger partial charge on any atom is 0.417 e. The van der Waals surface area contributed by atoms with Gasteiger partial charge in [-0.15, -0.1) is 0 Å². The number of likely N-dealkylation sites (N-methyl/N-ethyl adjacent to an activating group) is 1. The van der Waals surface area contributed by atoms with Crippen molar-refractivity contribution in [2.24, 2.45) is 0 Å². The summed E-state index contributed by atoms with van der Waals surface area (Å²) in [6.45, 7) is 10.9. The van der Waals surface area contributed by atoms with E-state index in [-0.39, 0.29) is 16.7 Å². The van der Waals surface area contributed by atoms with Gasteiger partial charge in [-0.1, -0.05) is 37.8 Å². The second-order valence-electron chi connectivity index (χ2n) is 10.9. The van der Waals surface area contributed by atoms with E-state index in [0.717, 1.165) is 43.7 Å². The Labute approximate surface area is 245 Å². The molecule has 2 N–H and O–H groups in total. The van der Waals surface area contributed by atoms with Crippen LogP contribution in [-0.4, -0.2) is 74.8 Å². The number of nitrogens with one attached hydrogen (secondary N) is 2. The highest BCUT2D eigenvalue weighted by Crippen LogP contribution is 2.34. The molecular weight excluding hydrogens is 547 g/mol. The molecule has 42 heavy (non-hydrogen) atoms. The molecule has 1 amide bonds. The molecule has 0 saturated carbocycles. The average Bonchev–Trinajstić information content (AvgIpc) is 3.43. The summed E-state index contributed by atoms with van der Waals surface area (Å²) >= 11 is 0. The first kappa shape index (κ1) is 32.5. The van der Waals surface area contributed by atoms with E-state index in [4.69, 9.17) is 9.26 Å². The fourth-order valence-corrected chi connectivity index (χ4v) is 3.94. The van der Waals surface area contributed by atoms with Crippen molar-refractivity contribution < 1.29 is 27.2 Å². The predicted octanol–water partition coefficient (Wildman–Crippen LogP) is 5.31. The van der Waals surface area contributed by atoms with Crippen molar-refractivity contribution in [3.63, 3.8) is 0 Å². The molecular formula is C31H38F3N5O3. The smallest absolute Gasteiger partial charge is 0.417 e. The number of halogens is 3. The van der Waals surface area contributed by atoms with Crippen LogP contribution in [0.4, 0.5) is 24.7 Å². The molecule has 8 nitrogen and oxygen atoms in total. The van der Waals surface area contributed by atoms with Gasteiger partial charge in [0, 0.05) is 68.1 Å². The molecule has 0 unspecified atom stereocenters. The first-order valence-electron chi connectivity index (χ1n) is 13.6. The number of hydrogen-bond acceptors (Lipinski definition) is 7. The number of alkyl halides is 3.